The van der Waals surface area contributed by atoms with Crippen molar-refractivity contribution in [2.24, 2.45) is 0 Å². The zero-order chi connectivity index (χ0) is 15.0. The van der Waals surface area contributed by atoms with E-state index in [1.54, 1.807) is 18.2 Å². The largest absolute Gasteiger partial charge is 0.495 e. The van der Waals surface area contributed by atoms with Crippen molar-refractivity contribution in [1.29, 1.82) is 0 Å². The molecule has 0 unspecified atom stereocenters. The van der Waals surface area contributed by atoms with Crippen LogP contribution in [0, 0.1) is 0 Å². The van der Waals surface area contributed by atoms with Gasteiger partial charge in [0.25, 0.3) is 0 Å². The lowest BCUT2D eigenvalue weighted by atomic mass is 10.2. The molecule has 1 aromatic rings. The zero-order valence-corrected chi connectivity index (χ0v) is 11.9. The first-order valence-corrected chi connectivity index (χ1v) is 6.51. The normalized spacial score (nSPS) is 9.90. The molecular formula is C13H17ClN2O4. The number of aliphatic carboxylic acids is 1. The van der Waals surface area contributed by atoms with Crippen LogP contribution in [0.2, 0.25) is 5.02 Å². The van der Waals surface area contributed by atoms with E-state index in [0.717, 1.165) is 0 Å². The van der Waals surface area contributed by atoms with Gasteiger partial charge in [-0.25, -0.2) is 4.79 Å². The summed E-state index contributed by atoms with van der Waals surface area (Å²) in [6.45, 7) is 0.420. The Morgan fingerprint density at radius 3 is 2.70 bits per heavy atom. The molecule has 110 valence electrons. The van der Waals surface area contributed by atoms with Crippen LogP contribution in [0.3, 0.4) is 0 Å². The van der Waals surface area contributed by atoms with Crippen molar-refractivity contribution in [2.45, 2.75) is 19.3 Å². The summed E-state index contributed by atoms with van der Waals surface area (Å²) in [5.74, 6) is -0.298. The van der Waals surface area contributed by atoms with Crippen LogP contribution in [0.1, 0.15) is 19.3 Å². The molecule has 0 heterocycles. The molecular weight excluding hydrogens is 284 g/mol. The third-order valence-electron chi connectivity index (χ3n) is 2.51. The minimum absolute atomic E-state index is 0.109. The third-order valence-corrected chi connectivity index (χ3v) is 2.81. The number of carbonyl (C=O) groups excluding carboxylic acids is 1. The SMILES string of the molecule is COc1ccc(NC(=O)NCCCCC(=O)O)cc1Cl. The number of amides is 2. The fourth-order valence-electron chi connectivity index (χ4n) is 1.52. The predicted octanol–water partition coefficient (Wildman–Crippen LogP) is 2.73. The van der Waals surface area contributed by atoms with Gasteiger partial charge in [0.05, 0.1) is 12.1 Å². The number of urea groups is 1. The van der Waals surface area contributed by atoms with Gasteiger partial charge >= 0.3 is 12.0 Å². The first-order valence-electron chi connectivity index (χ1n) is 6.13. The predicted molar refractivity (Wildman–Crippen MR) is 76.5 cm³/mol. The molecule has 7 heteroatoms. The fourth-order valence-corrected chi connectivity index (χ4v) is 1.78. The Hall–Kier alpha value is -1.95. The first-order chi connectivity index (χ1) is 9.52. The lowest BCUT2D eigenvalue weighted by Gasteiger charge is -2.09. The Kier molecular flexibility index (Phi) is 6.66. The summed E-state index contributed by atoms with van der Waals surface area (Å²) in [5, 5.41) is 14.1. The third kappa shape index (κ3) is 5.79. The molecule has 0 aliphatic rings. The van der Waals surface area contributed by atoms with Gasteiger partial charge in [0.1, 0.15) is 5.75 Å². The maximum atomic E-state index is 11.6. The maximum absolute atomic E-state index is 11.6. The van der Waals surface area contributed by atoms with Crippen molar-refractivity contribution in [3.8, 4) is 5.75 Å². The molecule has 0 fully saturated rings. The van der Waals surface area contributed by atoms with Crippen molar-refractivity contribution < 1.29 is 19.4 Å². The number of nitrogens with one attached hydrogen (secondary N) is 2. The van der Waals surface area contributed by atoms with Crippen LogP contribution in [0.15, 0.2) is 18.2 Å². The van der Waals surface area contributed by atoms with Crippen molar-refractivity contribution in [3.63, 3.8) is 0 Å². The fraction of sp³-hybridized carbons (Fsp3) is 0.385. The average Bonchev–Trinajstić information content (AvgIpc) is 2.38. The Morgan fingerprint density at radius 1 is 1.35 bits per heavy atom. The molecule has 20 heavy (non-hydrogen) atoms. The molecule has 2 amide bonds. The van der Waals surface area contributed by atoms with Gasteiger partial charge in [-0.1, -0.05) is 11.6 Å². The quantitative estimate of drug-likeness (QED) is 0.676. The number of methoxy groups -OCH3 is 1. The van der Waals surface area contributed by atoms with E-state index in [-0.39, 0.29) is 12.5 Å². The highest BCUT2D eigenvalue weighted by Gasteiger charge is 2.05. The summed E-state index contributed by atoms with van der Waals surface area (Å²) in [5.41, 5.74) is 0.554. The number of halogens is 1. The van der Waals surface area contributed by atoms with E-state index in [0.29, 0.717) is 35.8 Å². The molecule has 1 aromatic carbocycles. The number of anilines is 1. The van der Waals surface area contributed by atoms with Crippen molar-refractivity contribution >= 4 is 29.3 Å². The van der Waals surface area contributed by atoms with Crippen LogP contribution >= 0.6 is 11.6 Å². The van der Waals surface area contributed by atoms with Crippen LogP contribution < -0.4 is 15.4 Å². The number of carboxylic acid groups (broad SMARTS) is 1. The highest BCUT2D eigenvalue weighted by molar-refractivity contribution is 6.32. The Bertz CT molecular complexity index is 479. The summed E-state index contributed by atoms with van der Waals surface area (Å²) in [7, 11) is 1.51. The molecule has 0 spiro atoms. The van der Waals surface area contributed by atoms with Crippen LogP contribution in [-0.2, 0) is 4.79 Å². The second kappa shape index (κ2) is 8.27. The van der Waals surface area contributed by atoms with E-state index in [1.807, 2.05) is 0 Å². The topological polar surface area (TPSA) is 87.7 Å². The van der Waals surface area contributed by atoms with E-state index >= 15 is 0 Å². The monoisotopic (exact) mass is 300 g/mol. The minimum Gasteiger partial charge on any atom is -0.495 e. The number of carbonyl (C=O) groups is 2. The molecule has 3 N–H and O–H groups in total. The van der Waals surface area contributed by atoms with E-state index < -0.39 is 5.97 Å². The molecule has 0 saturated carbocycles. The van der Waals surface area contributed by atoms with Gasteiger partial charge in [-0.3, -0.25) is 4.79 Å². The van der Waals surface area contributed by atoms with E-state index in [1.165, 1.54) is 7.11 Å². The second-order valence-corrected chi connectivity index (χ2v) is 4.49. The standard InChI is InChI=1S/C13H17ClN2O4/c1-20-11-6-5-9(8-10(11)14)16-13(19)15-7-3-2-4-12(17)18/h5-6,8H,2-4,7H2,1H3,(H,17,18)(H2,15,16,19). The van der Waals surface area contributed by atoms with Crippen LogP contribution in [0.25, 0.3) is 0 Å². The first kappa shape index (κ1) is 16.1. The average molecular weight is 301 g/mol. The smallest absolute Gasteiger partial charge is 0.319 e. The van der Waals surface area contributed by atoms with Gasteiger partial charge in [0, 0.05) is 18.7 Å². The van der Waals surface area contributed by atoms with E-state index in [4.69, 9.17) is 21.4 Å². The molecule has 6 nitrogen and oxygen atoms in total. The number of unbranched alkanes of at least 4 members (excludes halogenated alkanes) is 1. The Labute approximate surface area is 122 Å². The Balaban J connectivity index is 2.31. The van der Waals surface area contributed by atoms with Crippen LogP contribution in [0.5, 0.6) is 5.75 Å². The van der Waals surface area contributed by atoms with Crippen molar-refractivity contribution in [3.05, 3.63) is 23.2 Å². The molecule has 0 atom stereocenters. The summed E-state index contributed by atoms with van der Waals surface area (Å²) in [4.78, 5) is 21.9. The lowest BCUT2D eigenvalue weighted by Crippen LogP contribution is -2.29. The van der Waals surface area contributed by atoms with E-state index in [2.05, 4.69) is 10.6 Å². The number of ether oxygens (including phenoxy) is 1. The summed E-state index contributed by atoms with van der Waals surface area (Å²) in [6, 6.07) is 4.56. The van der Waals surface area contributed by atoms with Crippen molar-refractivity contribution in [1.82, 2.24) is 5.32 Å². The lowest BCUT2D eigenvalue weighted by molar-refractivity contribution is -0.137. The highest BCUT2D eigenvalue weighted by atomic mass is 35.5. The number of hydrogen-bond acceptors (Lipinski definition) is 3. The van der Waals surface area contributed by atoms with Gasteiger partial charge in [-0.05, 0) is 31.0 Å². The Morgan fingerprint density at radius 2 is 2.10 bits per heavy atom. The van der Waals surface area contributed by atoms with Crippen molar-refractivity contribution in [2.75, 3.05) is 19.0 Å². The number of benzene rings is 1. The second-order valence-electron chi connectivity index (χ2n) is 4.08. The molecule has 0 aliphatic heterocycles. The molecule has 0 radical (unpaired) electrons. The van der Waals surface area contributed by atoms with Gasteiger partial charge in [-0.2, -0.15) is 0 Å². The number of rotatable bonds is 7. The van der Waals surface area contributed by atoms with E-state index in [9.17, 15) is 9.59 Å². The molecule has 0 aliphatic carbocycles. The number of hydrogen-bond donors (Lipinski definition) is 3. The number of carboxylic acids is 1. The zero-order valence-electron chi connectivity index (χ0n) is 11.1. The molecule has 0 bridgehead atoms. The maximum Gasteiger partial charge on any atom is 0.319 e. The van der Waals surface area contributed by atoms with Crippen LogP contribution in [0.4, 0.5) is 10.5 Å². The van der Waals surface area contributed by atoms with Gasteiger partial charge in [-0.15, -0.1) is 0 Å². The molecule has 0 aromatic heterocycles. The summed E-state index contributed by atoms with van der Waals surface area (Å²) >= 11 is 5.94. The highest BCUT2D eigenvalue weighted by Crippen LogP contribution is 2.27. The molecule has 1 rings (SSSR count). The van der Waals surface area contributed by atoms with Crippen LogP contribution in [-0.4, -0.2) is 30.8 Å². The van der Waals surface area contributed by atoms with Gasteiger partial charge in [0.15, 0.2) is 0 Å². The minimum atomic E-state index is -0.831. The van der Waals surface area contributed by atoms with Gasteiger partial charge < -0.3 is 20.5 Å². The van der Waals surface area contributed by atoms with Gasteiger partial charge in [0.2, 0.25) is 0 Å². The summed E-state index contributed by atoms with van der Waals surface area (Å²) < 4.78 is 5.01. The summed E-state index contributed by atoms with van der Waals surface area (Å²) in [6.07, 6.45) is 1.25. The molecule has 0 saturated heterocycles.